The molecule has 0 bridgehead atoms. The highest BCUT2D eigenvalue weighted by Crippen LogP contribution is 1.97. The van der Waals surface area contributed by atoms with Crippen LogP contribution in [-0.2, 0) is 4.74 Å². The van der Waals surface area contributed by atoms with Gasteiger partial charge in [-0.15, -0.1) is 0 Å². The largest absolute Gasteiger partial charge is 0.408 e. The Morgan fingerprint density at radius 1 is 1.45 bits per heavy atom. The molecule has 0 aromatic carbocycles. The normalized spacial score (nSPS) is 21.5. The van der Waals surface area contributed by atoms with E-state index in [9.17, 15) is 0 Å². The highest BCUT2D eigenvalue weighted by molar-refractivity contribution is 5.77. The maximum atomic E-state index is 8.36. The van der Waals surface area contributed by atoms with Crippen LogP contribution >= 0.6 is 0 Å². The number of ether oxygens (including phenoxy) is 1. The second-order valence-electron chi connectivity index (χ2n) is 2.41. The zero-order valence-corrected chi connectivity index (χ0v) is 6.36. The van der Waals surface area contributed by atoms with E-state index in [1.807, 2.05) is 0 Å². The fraction of sp³-hybridized carbons (Fsp3) is 0.833. The van der Waals surface area contributed by atoms with Crippen LogP contribution in [0.15, 0.2) is 5.16 Å². The van der Waals surface area contributed by atoms with E-state index < -0.39 is 0 Å². The van der Waals surface area contributed by atoms with Crippen molar-refractivity contribution in [3.63, 3.8) is 0 Å². The Kier molecular flexibility index (Phi) is 2.97. The molecule has 1 rings (SSSR count). The van der Waals surface area contributed by atoms with Crippen LogP contribution in [0.5, 0.6) is 0 Å². The Morgan fingerprint density at radius 3 is 3.00 bits per heavy atom. The van der Waals surface area contributed by atoms with E-state index in [4.69, 9.17) is 15.7 Å². The standard InChI is InChI=1S/C6H13N3O2/c7-6(8-10)9-2-1-4-11-5-3-9/h10H,1-5H2,(H2,7,8). The van der Waals surface area contributed by atoms with Crippen molar-refractivity contribution in [2.45, 2.75) is 6.42 Å². The van der Waals surface area contributed by atoms with Gasteiger partial charge in [0.05, 0.1) is 6.61 Å². The van der Waals surface area contributed by atoms with Crippen LogP contribution in [0.2, 0.25) is 0 Å². The monoisotopic (exact) mass is 159 g/mol. The first-order valence-corrected chi connectivity index (χ1v) is 3.65. The molecule has 0 amide bonds. The van der Waals surface area contributed by atoms with Gasteiger partial charge in [-0.25, -0.2) is 0 Å². The van der Waals surface area contributed by atoms with E-state index in [1.54, 1.807) is 4.90 Å². The van der Waals surface area contributed by atoms with Crippen LogP contribution in [0, 0.1) is 0 Å². The molecule has 1 fully saturated rings. The minimum atomic E-state index is 0.176. The van der Waals surface area contributed by atoms with Gasteiger partial charge in [0.1, 0.15) is 0 Å². The average Bonchev–Trinajstić information content (AvgIpc) is 2.30. The molecule has 0 aromatic rings. The second-order valence-corrected chi connectivity index (χ2v) is 2.41. The summed E-state index contributed by atoms with van der Waals surface area (Å²) >= 11 is 0. The van der Waals surface area contributed by atoms with Gasteiger partial charge in [0.15, 0.2) is 0 Å². The van der Waals surface area contributed by atoms with Crippen molar-refractivity contribution in [1.82, 2.24) is 4.90 Å². The third-order valence-corrected chi connectivity index (χ3v) is 1.65. The van der Waals surface area contributed by atoms with E-state index in [1.165, 1.54) is 0 Å². The number of hydrogen-bond acceptors (Lipinski definition) is 3. The van der Waals surface area contributed by atoms with Crippen LogP contribution in [-0.4, -0.2) is 42.4 Å². The quantitative estimate of drug-likeness (QED) is 0.214. The number of hydrogen-bond donors (Lipinski definition) is 2. The van der Waals surface area contributed by atoms with Crippen LogP contribution in [0.4, 0.5) is 0 Å². The number of nitrogens with two attached hydrogens (primary N) is 1. The molecule has 0 spiro atoms. The Balaban J connectivity index is 2.42. The summed E-state index contributed by atoms with van der Waals surface area (Å²) in [6, 6.07) is 0. The van der Waals surface area contributed by atoms with Gasteiger partial charge >= 0.3 is 0 Å². The van der Waals surface area contributed by atoms with Gasteiger partial charge < -0.3 is 20.6 Å². The van der Waals surface area contributed by atoms with Crippen molar-refractivity contribution in [3.05, 3.63) is 0 Å². The average molecular weight is 159 g/mol. The van der Waals surface area contributed by atoms with Crippen molar-refractivity contribution in [1.29, 1.82) is 0 Å². The zero-order valence-electron chi connectivity index (χ0n) is 6.36. The molecular formula is C6H13N3O2. The van der Waals surface area contributed by atoms with Crippen molar-refractivity contribution < 1.29 is 9.94 Å². The molecule has 0 unspecified atom stereocenters. The van der Waals surface area contributed by atoms with E-state index in [-0.39, 0.29) is 5.96 Å². The second kappa shape index (κ2) is 4.02. The Bertz CT molecular complexity index is 141. The van der Waals surface area contributed by atoms with Crippen molar-refractivity contribution >= 4 is 5.96 Å². The van der Waals surface area contributed by atoms with Crippen LogP contribution in [0.25, 0.3) is 0 Å². The van der Waals surface area contributed by atoms with Gasteiger partial charge in [0, 0.05) is 19.7 Å². The third kappa shape index (κ3) is 2.27. The molecule has 1 saturated heterocycles. The summed E-state index contributed by atoms with van der Waals surface area (Å²) < 4.78 is 5.19. The molecule has 0 saturated carbocycles. The van der Waals surface area contributed by atoms with Crippen LogP contribution in [0.3, 0.4) is 0 Å². The van der Waals surface area contributed by atoms with Crippen molar-refractivity contribution in [3.8, 4) is 0 Å². The Morgan fingerprint density at radius 2 is 2.27 bits per heavy atom. The lowest BCUT2D eigenvalue weighted by atomic mass is 10.4. The maximum Gasteiger partial charge on any atom is 0.233 e. The smallest absolute Gasteiger partial charge is 0.233 e. The summed E-state index contributed by atoms with van der Waals surface area (Å²) in [6.45, 7) is 2.91. The fourth-order valence-corrected chi connectivity index (χ4v) is 1.04. The molecule has 0 aromatic heterocycles. The van der Waals surface area contributed by atoms with E-state index in [2.05, 4.69) is 5.16 Å². The third-order valence-electron chi connectivity index (χ3n) is 1.65. The lowest BCUT2D eigenvalue weighted by Gasteiger charge is -2.18. The summed E-state index contributed by atoms with van der Waals surface area (Å²) in [5.74, 6) is 0.176. The van der Waals surface area contributed by atoms with Gasteiger partial charge in [0.25, 0.3) is 0 Å². The molecule has 1 aliphatic heterocycles. The SMILES string of the molecule is NC(=NO)N1CCCOCC1. The van der Waals surface area contributed by atoms with Gasteiger partial charge in [0.2, 0.25) is 5.96 Å². The molecule has 3 N–H and O–H groups in total. The topological polar surface area (TPSA) is 71.1 Å². The summed E-state index contributed by atoms with van der Waals surface area (Å²) in [5.41, 5.74) is 5.39. The fourth-order valence-electron chi connectivity index (χ4n) is 1.04. The zero-order chi connectivity index (χ0) is 8.10. The summed E-state index contributed by atoms with van der Waals surface area (Å²) in [4.78, 5) is 1.80. The summed E-state index contributed by atoms with van der Waals surface area (Å²) in [7, 11) is 0. The van der Waals surface area contributed by atoms with Crippen LogP contribution in [0.1, 0.15) is 6.42 Å². The molecule has 5 heteroatoms. The minimum Gasteiger partial charge on any atom is -0.408 e. The van der Waals surface area contributed by atoms with Gasteiger partial charge in [-0.1, -0.05) is 5.16 Å². The highest BCUT2D eigenvalue weighted by Gasteiger charge is 2.10. The van der Waals surface area contributed by atoms with Crippen molar-refractivity contribution in [2.24, 2.45) is 10.9 Å². The van der Waals surface area contributed by atoms with E-state index >= 15 is 0 Å². The first-order valence-electron chi connectivity index (χ1n) is 3.65. The Labute approximate surface area is 65.4 Å². The van der Waals surface area contributed by atoms with E-state index in [0.717, 1.165) is 19.6 Å². The summed E-state index contributed by atoms with van der Waals surface area (Å²) in [6.07, 6.45) is 0.927. The Hall–Kier alpha value is -0.970. The lowest BCUT2D eigenvalue weighted by Crippen LogP contribution is -2.38. The predicted octanol–water partition coefficient (Wildman–Crippen LogP) is -0.587. The first-order chi connectivity index (χ1) is 5.34. The molecular weight excluding hydrogens is 146 g/mol. The number of rotatable bonds is 0. The molecule has 0 aliphatic carbocycles. The van der Waals surface area contributed by atoms with Gasteiger partial charge in [-0.05, 0) is 6.42 Å². The molecule has 0 radical (unpaired) electrons. The number of guanidine groups is 1. The van der Waals surface area contributed by atoms with Crippen molar-refractivity contribution in [2.75, 3.05) is 26.3 Å². The molecule has 11 heavy (non-hydrogen) atoms. The van der Waals surface area contributed by atoms with Gasteiger partial charge in [-0.2, -0.15) is 0 Å². The maximum absolute atomic E-state index is 8.36. The molecule has 1 heterocycles. The lowest BCUT2D eigenvalue weighted by molar-refractivity contribution is 0.147. The molecule has 5 nitrogen and oxygen atoms in total. The first kappa shape index (κ1) is 8.13. The number of nitrogens with zero attached hydrogens (tertiary/aromatic N) is 2. The minimum absolute atomic E-state index is 0.176. The summed E-state index contributed by atoms with van der Waals surface area (Å²) in [5, 5.41) is 11.3. The van der Waals surface area contributed by atoms with E-state index in [0.29, 0.717) is 13.2 Å². The van der Waals surface area contributed by atoms with Crippen LogP contribution < -0.4 is 5.73 Å². The predicted molar refractivity (Wildman–Crippen MR) is 40.4 cm³/mol. The molecule has 1 aliphatic rings. The molecule has 0 atom stereocenters. The molecule has 64 valence electrons. The van der Waals surface area contributed by atoms with Gasteiger partial charge in [-0.3, -0.25) is 0 Å². The highest BCUT2D eigenvalue weighted by atomic mass is 16.5. The number of oxime groups is 1.